The Morgan fingerprint density at radius 2 is 2.19 bits per heavy atom. The van der Waals surface area contributed by atoms with Crippen LogP contribution in [0.2, 0.25) is 0 Å². The van der Waals surface area contributed by atoms with E-state index in [0.717, 1.165) is 41.4 Å². The third-order valence-electron chi connectivity index (χ3n) is 2.35. The highest BCUT2D eigenvalue weighted by Gasteiger charge is 2.05. The molecular weight excluding hydrogens is 220 g/mol. The lowest BCUT2D eigenvalue weighted by atomic mass is 10.1. The van der Waals surface area contributed by atoms with Crippen molar-refractivity contribution in [3.8, 4) is 5.75 Å². The summed E-state index contributed by atoms with van der Waals surface area (Å²) in [5.74, 6) is 3.15. The quantitative estimate of drug-likeness (QED) is 0.743. The van der Waals surface area contributed by atoms with Crippen molar-refractivity contribution < 1.29 is 9.84 Å². The molecule has 2 nitrogen and oxygen atoms in total. The zero-order chi connectivity index (χ0) is 11.8. The Balaban J connectivity index is 2.46. The van der Waals surface area contributed by atoms with Gasteiger partial charge in [0, 0.05) is 5.56 Å². The first-order valence-corrected chi connectivity index (χ1v) is 6.85. The van der Waals surface area contributed by atoms with Crippen LogP contribution in [0.3, 0.4) is 0 Å². The molecule has 0 aliphatic heterocycles. The van der Waals surface area contributed by atoms with Crippen molar-refractivity contribution in [1.82, 2.24) is 0 Å². The van der Waals surface area contributed by atoms with Crippen LogP contribution in [0.15, 0.2) is 18.2 Å². The normalized spacial score (nSPS) is 10.4. The van der Waals surface area contributed by atoms with E-state index in [0.29, 0.717) is 0 Å². The first-order chi connectivity index (χ1) is 7.79. The minimum absolute atomic E-state index is 0.0424. The van der Waals surface area contributed by atoms with Gasteiger partial charge >= 0.3 is 0 Å². The van der Waals surface area contributed by atoms with Gasteiger partial charge in [0.2, 0.25) is 0 Å². The Labute approximate surface area is 102 Å². The Kier molecular flexibility index (Phi) is 6.34. The Morgan fingerprint density at radius 1 is 1.38 bits per heavy atom. The van der Waals surface area contributed by atoms with Crippen molar-refractivity contribution in [3.63, 3.8) is 0 Å². The minimum atomic E-state index is 0.0424. The van der Waals surface area contributed by atoms with Crippen molar-refractivity contribution >= 4 is 11.8 Å². The molecule has 0 aliphatic carbocycles. The molecule has 0 bridgehead atoms. The standard InChI is InChI=1S/C13H20O2S/c1-3-16-9-5-8-15-13-11(2)6-4-7-12(13)10-14/h4,6-7,14H,3,5,8-10H2,1-2H3. The summed E-state index contributed by atoms with van der Waals surface area (Å²) in [6.45, 7) is 4.94. The van der Waals surface area contributed by atoms with E-state index in [1.807, 2.05) is 36.9 Å². The van der Waals surface area contributed by atoms with Crippen LogP contribution in [0.1, 0.15) is 24.5 Å². The highest BCUT2D eigenvalue weighted by Crippen LogP contribution is 2.23. The predicted octanol–water partition coefficient (Wildman–Crippen LogP) is 3.01. The maximum Gasteiger partial charge on any atom is 0.127 e. The van der Waals surface area contributed by atoms with Crippen molar-refractivity contribution in [2.75, 3.05) is 18.1 Å². The predicted molar refractivity (Wildman–Crippen MR) is 70.2 cm³/mol. The molecule has 1 aromatic rings. The molecule has 90 valence electrons. The van der Waals surface area contributed by atoms with E-state index in [9.17, 15) is 5.11 Å². The van der Waals surface area contributed by atoms with Crippen molar-refractivity contribution in [2.24, 2.45) is 0 Å². The molecule has 0 radical (unpaired) electrons. The highest BCUT2D eigenvalue weighted by molar-refractivity contribution is 7.99. The molecule has 1 rings (SSSR count). The summed E-state index contributed by atoms with van der Waals surface area (Å²) in [5, 5.41) is 9.20. The second-order valence-electron chi connectivity index (χ2n) is 3.62. The summed E-state index contributed by atoms with van der Waals surface area (Å²) in [6, 6.07) is 5.86. The summed E-state index contributed by atoms with van der Waals surface area (Å²) in [4.78, 5) is 0. The van der Waals surface area contributed by atoms with Crippen LogP contribution in [-0.4, -0.2) is 23.2 Å². The first kappa shape index (κ1) is 13.4. The zero-order valence-electron chi connectivity index (χ0n) is 10.0. The largest absolute Gasteiger partial charge is 0.493 e. The molecule has 0 aromatic heterocycles. The number of hydrogen-bond donors (Lipinski definition) is 1. The molecule has 0 spiro atoms. The number of para-hydroxylation sites is 1. The van der Waals surface area contributed by atoms with Gasteiger partial charge in [-0.25, -0.2) is 0 Å². The van der Waals surface area contributed by atoms with Gasteiger partial charge < -0.3 is 9.84 Å². The fourth-order valence-corrected chi connectivity index (χ4v) is 2.13. The molecule has 1 N–H and O–H groups in total. The van der Waals surface area contributed by atoms with Crippen LogP contribution in [0, 0.1) is 6.92 Å². The van der Waals surface area contributed by atoms with Crippen LogP contribution in [0.5, 0.6) is 5.75 Å². The Hall–Kier alpha value is -0.670. The molecule has 0 atom stereocenters. The highest BCUT2D eigenvalue weighted by atomic mass is 32.2. The second kappa shape index (κ2) is 7.58. The number of aliphatic hydroxyl groups excluding tert-OH is 1. The maximum absolute atomic E-state index is 9.20. The molecule has 0 heterocycles. The third-order valence-corrected chi connectivity index (χ3v) is 3.33. The van der Waals surface area contributed by atoms with E-state index in [2.05, 4.69) is 6.92 Å². The number of aryl methyl sites for hydroxylation is 1. The summed E-state index contributed by atoms with van der Waals surface area (Å²) in [6.07, 6.45) is 1.05. The summed E-state index contributed by atoms with van der Waals surface area (Å²) >= 11 is 1.93. The molecule has 0 fully saturated rings. The molecule has 0 saturated carbocycles. The average Bonchev–Trinajstić information content (AvgIpc) is 2.30. The molecule has 3 heteroatoms. The fraction of sp³-hybridized carbons (Fsp3) is 0.538. The maximum atomic E-state index is 9.20. The molecule has 16 heavy (non-hydrogen) atoms. The van der Waals surface area contributed by atoms with Crippen molar-refractivity contribution in [1.29, 1.82) is 0 Å². The van der Waals surface area contributed by atoms with Crippen molar-refractivity contribution in [3.05, 3.63) is 29.3 Å². The lowest BCUT2D eigenvalue weighted by Crippen LogP contribution is -2.03. The number of thioether (sulfide) groups is 1. The number of aliphatic hydroxyl groups is 1. The molecule has 0 aliphatic rings. The summed E-state index contributed by atoms with van der Waals surface area (Å²) in [7, 11) is 0. The zero-order valence-corrected chi connectivity index (χ0v) is 10.8. The number of hydrogen-bond acceptors (Lipinski definition) is 3. The van der Waals surface area contributed by atoms with Gasteiger partial charge in [0.15, 0.2) is 0 Å². The lowest BCUT2D eigenvalue weighted by molar-refractivity contribution is 0.262. The lowest BCUT2D eigenvalue weighted by Gasteiger charge is -2.12. The van der Waals surface area contributed by atoms with Crippen molar-refractivity contribution in [2.45, 2.75) is 26.9 Å². The third kappa shape index (κ3) is 4.06. The van der Waals surface area contributed by atoms with E-state index in [-0.39, 0.29) is 6.61 Å². The summed E-state index contributed by atoms with van der Waals surface area (Å²) < 4.78 is 5.73. The molecule has 0 amide bonds. The minimum Gasteiger partial charge on any atom is -0.493 e. The van der Waals surface area contributed by atoms with Gasteiger partial charge in [0.25, 0.3) is 0 Å². The second-order valence-corrected chi connectivity index (χ2v) is 5.01. The van der Waals surface area contributed by atoms with Crippen LogP contribution >= 0.6 is 11.8 Å². The molecule has 0 saturated heterocycles. The van der Waals surface area contributed by atoms with Gasteiger partial charge in [-0.1, -0.05) is 25.1 Å². The van der Waals surface area contributed by atoms with Gasteiger partial charge in [-0.15, -0.1) is 0 Å². The van der Waals surface area contributed by atoms with Crippen LogP contribution < -0.4 is 4.74 Å². The monoisotopic (exact) mass is 240 g/mol. The Morgan fingerprint density at radius 3 is 2.88 bits per heavy atom. The fourth-order valence-electron chi connectivity index (χ4n) is 1.52. The van der Waals surface area contributed by atoms with Gasteiger partial charge in [-0.2, -0.15) is 11.8 Å². The SMILES string of the molecule is CCSCCCOc1c(C)cccc1CO. The van der Waals surface area contributed by atoms with Gasteiger partial charge in [-0.3, -0.25) is 0 Å². The van der Waals surface area contributed by atoms with Gasteiger partial charge in [-0.05, 0) is 30.4 Å². The average molecular weight is 240 g/mol. The van der Waals surface area contributed by atoms with E-state index in [1.54, 1.807) is 0 Å². The van der Waals surface area contributed by atoms with E-state index < -0.39 is 0 Å². The molecule has 0 unspecified atom stereocenters. The number of rotatable bonds is 7. The summed E-state index contributed by atoms with van der Waals surface area (Å²) in [5.41, 5.74) is 1.97. The topological polar surface area (TPSA) is 29.5 Å². The van der Waals surface area contributed by atoms with Gasteiger partial charge in [0.05, 0.1) is 13.2 Å². The molecule has 1 aromatic carbocycles. The number of ether oxygens (including phenoxy) is 1. The van der Waals surface area contributed by atoms with Gasteiger partial charge in [0.1, 0.15) is 5.75 Å². The van der Waals surface area contributed by atoms with Crippen LogP contribution in [0.4, 0.5) is 0 Å². The van der Waals surface area contributed by atoms with E-state index >= 15 is 0 Å². The van der Waals surface area contributed by atoms with E-state index in [4.69, 9.17) is 4.74 Å². The van der Waals surface area contributed by atoms with Crippen LogP contribution in [0.25, 0.3) is 0 Å². The Bertz CT molecular complexity index is 313. The number of benzene rings is 1. The van der Waals surface area contributed by atoms with E-state index in [1.165, 1.54) is 0 Å². The molecular formula is C13H20O2S. The van der Waals surface area contributed by atoms with Crippen LogP contribution in [-0.2, 0) is 6.61 Å². The first-order valence-electron chi connectivity index (χ1n) is 5.69. The smallest absolute Gasteiger partial charge is 0.127 e.